The topological polar surface area (TPSA) is 40.5 Å². The summed E-state index contributed by atoms with van der Waals surface area (Å²) in [4.78, 5) is 0. The third-order valence-electron chi connectivity index (χ3n) is 6.59. The lowest BCUT2D eigenvalue weighted by Gasteiger charge is -2.25. The molecule has 35 heavy (non-hydrogen) atoms. The van der Waals surface area contributed by atoms with Gasteiger partial charge in [0.25, 0.3) is 0 Å². The molecular weight excluding hydrogens is 428 g/mol. The lowest BCUT2D eigenvalue weighted by Crippen LogP contribution is -2.14. The summed E-state index contributed by atoms with van der Waals surface area (Å²) >= 11 is 0. The van der Waals surface area contributed by atoms with Gasteiger partial charge in [0.15, 0.2) is 0 Å². The fraction of sp³-hybridized carbons (Fsp3) is 0.273. The zero-order valence-electron chi connectivity index (χ0n) is 21.7. The van der Waals surface area contributed by atoms with Gasteiger partial charge in [0.2, 0.25) is 0 Å². The fourth-order valence-electron chi connectivity index (χ4n) is 4.60. The minimum atomic E-state index is -0.228. The molecule has 2 heteroatoms. The van der Waals surface area contributed by atoms with Crippen LogP contribution >= 0.6 is 0 Å². The first-order valence-corrected chi connectivity index (χ1v) is 12.3. The Labute approximate surface area is 209 Å². The summed E-state index contributed by atoms with van der Waals surface area (Å²) in [5, 5.41) is 22.8. The Kier molecular flexibility index (Phi) is 6.51. The number of phenols is 2. The normalized spacial score (nSPS) is 12.1. The van der Waals surface area contributed by atoms with Gasteiger partial charge in [-0.3, -0.25) is 0 Å². The quantitative estimate of drug-likeness (QED) is 0.317. The van der Waals surface area contributed by atoms with E-state index in [4.69, 9.17) is 0 Å². The van der Waals surface area contributed by atoms with Crippen LogP contribution in [-0.4, -0.2) is 10.2 Å². The van der Waals surface area contributed by atoms with Gasteiger partial charge in [-0.05, 0) is 68.5 Å². The Morgan fingerprint density at radius 1 is 0.486 bits per heavy atom. The molecule has 4 rings (SSSR count). The molecule has 0 aromatic heterocycles. The molecule has 180 valence electrons. The van der Waals surface area contributed by atoms with Crippen molar-refractivity contribution < 1.29 is 10.2 Å². The maximum atomic E-state index is 11.4. The number of hydrogen-bond donors (Lipinski definition) is 2. The molecule has 0 amide bonds. The summed E-state index contributed by atoms with van der Waals surface area (Å²) in [6.45, 7) is 12.7. The van der Waals surface area contributed by atoms with Crippen molar-refractivity contribution in [1.29, 1.82) is 0 Å². The van der Waals surface area contributed by atoms with Crippen LogP contribution in [0.2, 0.25) is 0 Å². The second kappa shape index (κ2) is 9.26. The molecular formula is C33H36O2. The molecule has 0 fully saturated rings. The third kappa shape index (κ3) is 5.27. The van der Waals surface area contributed by atoms with E-state index in [-0.39, 0.29) is 10.8 Å². The Morgan fingerprint density at radius 2 is 0.829 bits per heavy atom. The Hall–Kier alpha value is -3.52. The number of rotatable bonds is 4. The standard InChI is InChI=1S/C33H36O2/c1-32(2,3)28-20-24(22-13-9-7-10-14-22)17-26(30(28)34)19-27-18-25(23-15-11-8-12-16-23)21-29(31(27)35)33(4,5)6/h7-18,20-21,34-35H,19H2,1-6H3. The smallest absolute Gasteiger partial charge is 0.122 e. The van der Waals surface area contributed by atoms with Gasteiger partial charge in [-0.2, -0.15) is 0 Å². The Bertz CT molecular complexity index is 1220. The van der Waals surface area contributed by atoms with Crippen molar-refractivity contribution in [2.75, 3.05) is 0 Å². The largest absolute Gasteiger partial charge is 0.507 e. The number of phenolic OH excluding ortho intramolecular Hbond substituents is 2. The predicted molar refractivity (Wildman–Crippen MR) is 147 cm³/mol. The predicted octanol–water partition coefficient (Wildman–Crippen LogP) is 8.62. The van der Waals surface area contributed by atoms with Gasteiger partial charge in [0.1, 0.15) is 11.5 Å². The molecule has 0 aliphatic carbocycles. The monoisotopic (exact) mass is 464 g/mol. The number of aromatic hydroxyl groups is 2. The van der Waals surface area contributed by atoms with Crippen LogP contribution < -0.4 is 0 Å². The van der Waals surface area contributed by atoms with Crippen molar-refractivity contribution in [2.45, 2.75) is 58.8 Å². The summed E-state index contributed by atoms with van der Waals surface area (Å²) < 4.78 is 0. The highest BCUT2D eigenvalue weighted by atomic mass is 16.3. The molecule has 2 N–H and O–H groups in total. The maximum Gasteiger partial charge on any atom is 0.122 e. The van der Waals surface area contributed by atoms with Gasteiger partial charge >= 0.3 is 0 Å². The van der Waals surface area contributed by atoms with Gasteiger partial charge in [-0.15, -0.1) is 0 Å². The molecule has 0 radical (unpaired) electrons. The van der Waals surface area contributed by atoms with Crippen LogP contribution in [0.25, 0.3) is 22.3 Å². The highest BCUT2D eigenvalue weighted by Crippen LogP contribution is 2.42. The summed E-state index contributed by atoms with van der Waals surface area (Å²) in [6, 6.07) is 28.8. The average molecular weight is 465 g/mol. The maximum absolute atomic E-state index is 11.4. The van der Waals surface area contributed by atoms with E-state index in [1.54, 1.807) is 0 Å². The van der Waals surface area contributed by atoms with E-state index in [2.05, 4.69) is 90.1 Å². The first-order valence-electron chi connectivity index (χ1n) is 12.3. The van der Waals surface area contributed by atoms with Crippen LogP contribution in [0.15, 0.2) is 84.9 Å². The molecule has 0 saturated carbocycles. The van der Waals surface area contributed by atoms with E-state index in [1.807, 2.05) is 36.4 Å². The molecule has 0 heterocycles. The van der Waals surface area contributed by atoms with Crippen LogP contribution in [0.1, 0.15) is 63.8 Å². The molecule has 0 saturated heterocycles. The van der Waals surface area contributed by atoms with E-state index in [9.17, 15) is 10.2 Å². The van der Waals surface area contributed by atoms with Crippen LogP contribution in [0.3, 0.4) is 0 Å². The first kappa shape index (κ1) is 24.6. The van der Waals surface area contributed by atoms with Crippen LogP contribution in [0.5, 0.6) is 11.5 Å². The van der Waals surface area contributed by atoms with Crippen molar-refractivity contribution in [3.63, 3.8) is 0 Å². The van der Waals surface area contributed by atoms with Crippen molar-refractivity contribution in [3.05, 3.63) is 107 Å². The number of hydrogen-bond acceptors (Lipinski definition) is 2. The second-order valence-corrected chi connectivity index (χ2v) is 11.5. The molecule has 4 aromatic rings. The Balaban J connectivity index is 1.91. The average Bonchev–Trinajstić information content (AvgIpc) is 2.81. The van der Waals surface area contributed by atoms with E-state index >= 15 is 0 Å². The van der Waals surface area contributed by atoms with Gasteiger partial charge in [-0.25, -0.2) is 0 Å². The molecule has 0 atom stereocenters. The highest BCUT2D eigenvalue weighted by Gasteiger charge is 2.25. The second-order valence-electron chi connectivity index (χ2n) is 11.5. The van der Waals surface area contributed by atoms with Crippen molar-refractivity contribution >= 4 is 0 Å². The minimum Gasteiger partial charge on any atom is -0.507 e. The molecule has 0 unspecified atom stereocenters. The Morgan fingerprint density at radius 3 is 1.14 bits per heavy atom. The van der Waals surface area contributed by atoms with Crippen LogP contribution in [0.4, 0.5) is 0 Å². The zero-order chi connectivity index (χ0) is 25.4. The first-order chi connectivity index (χ1) is 16.4. The van der Waals surface area contributed by atoms with Gasteiger partial charge < -0.3 is 10.2 Å². The molecule has 0 bridgehead atoms. The summed E-state index contributed by atoms with van der Waals surface area (Å²) in [5.74, 6) is 0.609. The van der Waals surface area contributed by atoms with Gasteiger partial charge in [0.05, 0.1) is 0 Å². The van der Waals surface area contributed by atoms with E-state index < -0.39 is 0 Å². The van der Waals surface area contributed by atoms with E-state index in [1.165, 1.54) is 0 Å². The highest BCUT2D eigenvalue weighted by molar-refractivity contribution is 5.71. The van der Waals surface area contributed by atoms with E-state index in [0.29, 0.717) is 17.9 Å². The zero-order valence-corrected chi connectivity index (χ0v) is 21.7. The van der Waals surface area contributed by atoms with Crippen molar-refractivity contribution in [3.8, 4) is 33.8 Å². The van der Waals surface area contributed by atoms with E-state index in [0.717, 1.165) is 44.5 Å². The van der Waals surface area contributed by atoms with Gasteiger partial charge in [0, 0.05) is 17.5 Å². The fourth-order valence-corrected chi connectivity index (χ4v) is 4.60. The molecule has 0 aliphatic rings. The third-order valence-corrected chi connectivity index (χ3v) is 6.59. The van der Waals surface area contributed by atoms with Gasteiger partial charge in [-0.1, -0.05) is 102 Å². The molecule has 0 aliphatic heterocycles. The van der Waals surface area contributed by atoms with Crippen LogP contribution in [-0.2, 0) is 17.3 Å². The van der Waals surface area contributed by atoms with Crippen LogP contribution in [0, 0.1) is 0 Å². The molecule has 4 aromatic carbocycles. The summed E-state index contributed by atoms with van der Waals surface area (Å²) in [7, 11) is 0. The minimum absolute atomic E-state index is 0.228. The van der Waals surface area contributed by atoms with Crippen molar-refractivity contribution in [1.82, 2.24) is 0 Å². The summed E-state index contributed by atoms with van der Waals surface area (Å²) in [5.41, 5.74) is 7.34. The molecule has 0 spiro atoms. The van der Waals surface area contributed by atoms with Crippen molar-refractivity contribution in [2.24, 2.45) is 0 Å². The lowest BCUT2D eigenvalue weighted by molar-refractivity contribution is 0.436. The number of benzene rings is 4. The SMILES string of the molecule is CC(C)(C)c1cc(-c2ccccc2)cc(Cc2cc(-c3ccccc3)cc(C(C)(C)C)c2O)c1O. The summed E-state index contributed by atoms with van der Waals surface area (Å²) in [6.07, 6.45) is 0.436. The molecule has 2 nitrogen and oxygen atoms in total. The lowest BCUT2D eigenvalue weighted by atomic mass is 9.80.